The molecule has 1 saturated heterocycles. The maximum absolute atomic E-state index is 6.01. The van der Waals surface area contributed by atoms with Crippen molar-refractivity contribution in [2.24, 2.45) is 0 Å². The van der Waals surface area contributed by atoms with Crippen LogP contribution in [0, 0.1) is 0 Å². The molecule has 3 atom stereocenters. The van der Waals surface area contributed by atoms with Crippen LogP contribution in [0.4, 0.5) is 0 Å². The fraction of sp³-hybridized carbons (Fsp3) is 0.538. The zero-order valence-electron chi connectivity index (χ0n) is 9.87. The van der Waals surface area contributed by atoms with Crippen LogP contribution in [-0.2, 0) is 4.74 Å². The Balaban J connectivity index is 2.13. The Morgan fingerprint density at radius 1 is 1.50 bits per heavy atom. The molecule has 16 heavy (non-hydrogen) atoms. The van der Waals surface area contributed by atoms with Crippen molar-refractivity contribution in [3.05, 3.63) is 28.8 Å². The molecule has 1 heterocycles. The lowest BCUT2D eigenvalue weighted by Crippen LogP contribution is -2.02. The molecule has 88 valence electrons. The van der Waals surface area contributed by atoms with Gasteiger partial charge in [0.05, 0.1) is 19.3 Å². The highest BCUT2D eigenvalue weighted by atomic mass is 35.5. The Hall–Kier alpha value is -0.730. The normalized spacial score (nSPS) is 25.2. The molecule has 0 spiro atoms. The summed E-state index contributed by atoms with van der Waals surface area (Å²) in [5.41, 5.74) is 1.16. The molecule has 3 unspecified atom stereocenters. The molecular weight excluding hydrogens is 224 g/mol. The number of benzene rings is 1. The second kappa shape index (κ2) is 4.64. The van der Waals surface area contributed by atoms with Crippen molar-refractivity contribution in [3.63, 3.8) is 0 Å². The Bertz CT molecular complexity index is 378. The predicted molar refractivity (Wildman–Crippen MR) is 65.4 cm³/mol. The van der Waals surface area contributed by atoms with E-state index in [1.54, 1.807) is 7.11 Å². The van der Waals surface area contributed by atoms with E-state index < -0.39 is 0 Å². The van der Waals surface area contributed by atoms with Crippen LogP contribution in [0.2, 0.25) is 5.02 Å². The van der Waals surface area contributed by atoms with Gasteiger partial charge < -0.3 is 9.47 Å². The molecule has 0 bridgehead atoms. The molecule has 1 aliphatic heterocycles. The minimum atomic E-state index is 0.402. The molecule has 3 heteroatoms. The van der Waals surface area contributed by atoms with Crippen LogP contribution in [0.25, 0.3) is 0 Å². The fourth-order valence-electron chi connectivity index (χ4n) is 2.04. The molecule has 1 aromatic carbocycles. The maximum Gasteiger partial charge on any atom is 0.122 e. The largest absolute Gasteiger partial charge is 0.496 e. The summed E-state index contributed by atoms with van der Waals surface area (Å²) in [6, 6.07) is 5.76. The van der Waals surface area contributed by atoms with Gasteiger partial charge in [0.15, 0.2) is 0 Å². The summed E-state index contributed by atoms with van der Waals surface area (Å²) < 4.78 is 10.8. The third kappa shape index (κ3) is 2.50. The monoisotopic (exact) mass is 240 g/mol. The fourth-order valence-corrected chi connectivity index (χ4v) is 2.22. The van der Waals surface area contributed by atoms with Gasteiger partial charge in [0.1, 0.15) is 5.75 Å². The Labute approximate surface area is 102 Å². The summed E-state index contributed by atoms with van der Waals surface area (Å²) >= 11 is 6.01. The summed E-state index contributed by atoms with van der Waals surface area (Å²) in [4.78, 5) is 0. The second-order valence-corrected chi connectivity index (χ2v) is 4.84. The van der Waals surface area contributed by atoms with E-state index >= 15 is 0 Å². The zero-order valence-corrected chi connectivity index (χ0v) is 10.6. The quantitative estimate of drug-likeness (QED) is 0.750. The molecule has 0 aliphatic carbocycles. The van der Waals surface area contributed by atoms with Gasteiger partial charge in [0.25, 0.3) is 0 Å². The van der Waals surface area contributed by atoms with Gasteiger partial charge in [-0.15, -0.1) is 0 Å². The zero-order chi connectivity index (χ0) is 11.7. The van der Waals surface area contributed by atoms with E-state index in [9.17, 15) is 0 Å². The molecular formula is C13H17ClO2. The van der Waals surface area contributed by atoms with Crippen molar-refractivity contribution < 1.29 is 9.47 Å². The van der Waals surface area contributed by atoms with Crippen LogP contribution in [-0.4, -0.2) is 19.3 Å². The topological polar surface area (TPSA) is 21.8 Å². The predicted octanol–water partition coefficient (Wildman–Crippen LogP) is 3.63. The van der Waals surface area contributed by atoms with Gasteiger partial charge in [-0.05, 0) is 43.0 Å². The van der Waals surface area contributed by atoms with E-state index in [1.165, 1.54) is 0 Å². The lowest BCUT2D eigenvalue weighted by Gasteiger charge is -2.15. The highest BCUT2D eigenvalue weighted by Crippen LogP contribution is 2.36. The molecule has 1 aliphatic rings. The minimum absolute atomic E-state index is 0.402. The van der Waals surface area contributed by atoms with Crippen molar-refractivity contribution in [2.75, 3.05) is 7.11 Å². The second-order valence-electron chi connectivity index (χ2n) is 4.40. The lowest BCUT2D eigenvalue weighted by atomic mass is 9.94. The number of hydrogen-bond donors (Lipinski definition) is 0. The number of halogens is 1. The number of methoxy groups -OCH3 is 1. The molecule has 0 amide bonds. The third-order valence-electron chi connectivity index (χ3n) is 3.14. The molecule has 0 saturated carbocycles. The van der Waals surface area contributed by atoms with Crippen molar-refractivity contribution in [3.8, 4) is 5.75 Å². The third-order valence-corrected chi connectivity index (χ3v) is 3.38. The van der Waals surface area contributed by atoms with Crippen LogP contribution in [0.3, 0.4) is 0 Å². The van der Waals surface area contributed by atoms with Crippen molar-refractivity contribution >= 4 is 11.6 Å². The number of rotatable bonds is 4. The minimum Gasteiger partial charge on any atom is -0.496 e. The molecule has 0 N–H and O–H groups in total. The number of hydrogen-bond acceptors (Lipinski definition) is 2. The van der Waals surface area contributed by atoms with Gasteiger partial charge in [-0.1, -0.05) is 18.5 Å². The Morgan fingerprint density at radius 2 is 2.19 bits per heavy atom. The number of epoxide rings is 1. The van der Waals surface area contributed by atoms with E-state index in [0.29, 0.717) is 18.1 Å². The molecule has 2 nitrogen and oxygen atoms in total. The lowest BCUT2D eigenvalue weighted by molar-refractivity contribution is 0.358. The summed E-state index contributed by atoms with van der Waals surface area (Å²) in [6.45, 7) is 4.29. The van der Waals surface area contributed by atoms with Crippen LogP contribution in [0.1, 0.15) is 31.7 Å². The maximum atomic E-state index is 6.01. The molecule has 1 aromatic rings. The van der Waals surface area contributed by atoms with E-state index in [-0.39, 0.29) is 0 Å². The van der Waals surface area contributed by atoms with Gasteiger partial charge in [-0.3, -0.25) is 0 Å². The van der Waals surface area contributed by atoms with Crippen LogP contribution < -0.4 is 4.74 Å². The van der Waals surface area contributed by atoms with E-state index in [1.807, 2.05) is 18.2 Å². The molecule has 0 aromatic heterocycles. The van der Waals surface area contributed by atoms with Crippen molar-refractivity contribution in [1.29, 1.82) is 0 Å². The first kappa shape index (κ1) is 11.7. The Morgan fingerprint density at radius 3 is 2.75 bits per heavy atom. The van der Waals surface area contributed by atoms with Crippen LogP contribution in [0.15, 0.2) is 18.2 Å². The molecule has 2 rings (SSSR count). The average Bonchev–Trinajstić information content (AvgIpc) is 2.94. The highest BCUT2D eigenvalue weighted by Gasteiger charge is 2.35. The smallest absolute Gasteiger partial charge is 0.122 e. The molecule has 1 fully saturated rings. The van der Waals surface area contributed by atoms with Gasteiger partial charge in [-0.2, -0.15) is 0 Å². The first-order valence-electron chi connectivity index (χ1n) is 5.60. The van der Waals surface area contributed by atoms with E-state index in [2.05, 4.69) is 13.8 Å². The van der Waals surface area contributed by atoms with E-state index in [0.717, 1.165) is 22.8 Å². The summed E-state index contributed by atoms with van der Waals surface area (Å²) in [7, 11) is 1.69. The summed E-state index contributed by atoms with van der Waals surface area (Å²) in [5, 5.41) is 0.757. The number of ether oxygens (including phenoxy) is 2. The Kier molecular flexibility index (Phi) is 3.41. The van der Waals surface area contributed by atoms with E-state index in [4.69, 9.17) is 21.1 Å². The summed E-state index contributed by atoms with van der Waals surface area (Å²) in [5.74, 6) is 1.31. The van der Waals surface area contributed by atoms with Gasteiger partial charge in [0, 0.05) is 5.02 Å². The van der Waals surface area contributed by atoms with Gasteiger partial charge >= 0.3 is 0 Å². The van der Waals surface area contributed by atoms with Crippen LogP contribution >= 0.6 is 11.6 Å². The molecule has 0 radical (unpaired) electrons. The van der Waals surface area contributed by atoms with Gasteiger partial charge in [0.2, 0.25) is 0 Å². The standard InChI is InChI=1S/C13H17ClO2/c1-8(6-13-9(2)16-13)11-7-10(14)4-5-12(11)15-3/h4-5,7-9,13H,6H2,1-3H3. The average molecular weight is 241 g/mol. The van der Waals surface area contributed by atoms with Crippen molar-refractivity contribution in [1.82, 2.24) is 0 Å². The van der Waals surface area contributed by atoms with Crippen molar-refractivity contribution in [2.45, 2.75) is 38.4 Å². The first-order valence-corrected chi connectivity index (χ1v) is 5.98. The summed E-state index contributed by atoms with van der Waals surface area (Å²) in [6.07, 6.45) is 1.84. The van der Waals surface area contributed by atoms with Crippen LogP contribution in [0.5, 0.6) is 5.75 Å². The SMILES string of the molecule is COc1ccc(Cl)cc1C(C)CC1OC1C. The highest BCUT2D eigenvalue weighted by molar-refractivity contribution is 6.30. The van der Waals surface area contributed by atoms with Gasteiger partial charge in [-0.25, -0.2) is 0 Å². The first-order chi connectivity index (χ1) is 7.61.